The Bertz CT molecular complexity index is 1840. The number of ketones is 9. The average molecular weight is 1760 g/mol. The molecule has 0 aliphatic heterocycles. The van der Waals surface area contributed by atoms with Gasteiger partial charge in [-0.25, -0.2) is 0 Å². The Balaban J connectivity index is -0.0000000468. The van der Waals surface area contributed by atoms with Crippen molar-refractivity contribution in [3.63, 3.8) is 0 Å². The molecular formula is C68H123Al2O36Ti2Zr. The number of carboxylic acids is 9. The molecule has 0 rings (SSSR count). The molecule has 0 heterocycles. The van der Waals surface area contributed by atoms with Crippen LogP contribution >= 0.6 is 0 Å². The van der Waals surface area contributed by atoms with E-state index in [4.69, 9.17) is 40.7 Å². The molecule has 41 heteroatoms. The zero-order chi connectivity index (χ0) is 88.6. The van der Waals surface area contributed by atoms with Crippen LogP contribution in [0.1, 0.15) is 276 Å². The van der Waals surface area contributed by atoms with Crippen molar-refractivity contribution in [2.45, 2.75) is 325 Å². The van der Waals surface area contributed by atoms with Crippen molar-refractivity contribution in [1.82, 2.24) is 0 Å². The third kappa shape index (κ3) is 403. The van der Waals surface area contributed by atoms with E-state index in [1.165, 1.54) is 48.5 Å². The van der Waals surface area contributed by atoms with Crippen LogP contribution in [0.15, 0.2) is 0 Å². The SMILES string of the molecule is CC(=O)CC(=O)[O-].CC(=O)CC(=O)[O-].CC(=O)CC(=O)[O-].CC(=O)CC(=O)[O-].CC(=O)CC(=O)[O-].CC(=O)CC(=O)[O-].CC(=O)CC(=O)[O-].CC(C)O.CC(C)O.CC(C)O.CC(C)O.CC(C)[O][Al+][O]C(C)C.CC(C)[O][Al+][O]C(C)C.CCCC(=O)CC(=O)[O-].CCCC(=O)CC(=O)[O-].CCCCO.[Ti+2].[Ti+2].[Zr+3]. The van der Waals surface area contributed by atoms with Gasteiger partial charge in [0.1, 0.15) is 52.0 Å². The summed E-state index contributed by atoms with van der Waals surface area (Å²) in [5, 5.41) is 126. The fourth-order valence-corrected chi connectivity index (χ4v) is 4.16. The minimum Gasteiger partial charge on any atom is -0.550 e. The molecule has 629 valence electrons. The molecule has 0 amide bonds. The molecule has 36 nitrogen and oxygen atoms in total. The maximum absolute atomic E-state index is 10.4. The second-order valence-corrected chi connectivity index (χ2v) is 24.3. The molecule has 0 aromatic heterocycles. The monoisotopic (exact) mass is 1760 g/mol. The van der Waals surface area contributed by atoms with Gasteiger partial charge in [-0.3, -0.25) is 43.2 Å². The first-order valence-electron chi connectivity index (χ1n) is 32.7. The Morgan fingerprint density at radius 1 is 0.275 bits per heavy atom. The van der Waals surface area contributed by atoms with E-state index < -0.39 is 112 Å². The van der Waals surface area contributed by atoms with Crippen LogP contribution in [0.25, 0.3) is 0 Å². The first kappa shape index (κ1) is 153. The molecule has 0 unspecified atom stereocenters. The molecule has 0 bridgehead atoms. The van der Waals surface area contributed by atoms with Gasteiger partial charge in [0, 0.05) is 155 Å². The van der Waals surface area contributed by atoms with Gasteiger partial charge in [-0.05, 0) is 123 Å². The first-order chi connectivity index (χ1) is 47.8. The van der Waals surface area contributed by atoms with Gasteiger partial charge in [0.25, 0.3) is 0 Å². The minimum absolute atomic E-state index is 0. The number of aliphatic hydroxyl groups is 5. The number of carbonyl (C=O) groups excluding carboxylic acids is 18. The minimum atomic E-state index is -1.31. The Morgan fingerprint density at radius 3 is 0.440 bits per heavy atom. The van der Waals surface area contributed by atoms with Crippen LogP contribution in [-0.4, -0.2) is 219 Å². The number of hydrogen-bond donors (Lipinski definition) is 5. The number of aliphatic hydroxyl groups excluding tert-OH is 5. The quantitative estimate of drug-likeness (QED) is 0.0311. The molecule has 0 aromatic rings. The number of hydrogen-bond acceptors (Lipinski definition) is 36. The fourth-order valence-electron chi connectivity index (χ4n) is 3.15. The van der Waals surface area contributed by atoms with E-state index in [2.05, 4.69) is 6.92 Å². The largest absolute Gasteiger partial charge is 3.00 e. The molecule has 0 atom stereocenters. The van der Waals surface area contributed by atoms with Crippen molar-refractivity contribution in [1.29, 1.82) is 0 Å². The third-order valence-electron chi connectivity index (χ3n) is 6.32. The van der Waals surface area contributed by atoms with Gasteiger partial charge in [0.15, 0.2) is 0 Å². The number of aliphatic carboxylic acids is 9. The summed E-state index contributed by atoms with van der Waals surface area (Å²) in [7, 11) is 0. The van der Waals surface area contributed by atoms with Crippen molar-refractivity contribution in [3.05, 3.63) is 0 Å². The molecule has 109 heavy (non-hydrogen) atoms. The molecule has 0 saturated heterocycles. The molecule has 0 aliphatic rings. The van der Waals surface area contributed by atoms with E-state index in [9.17, 15) is 132 Å². The first-order valence-corrected chi connectivity index (χ1v) is 34.6. The summed E-state index contributed by atoms with van der Waals surface area (Å²) in [5.74, 6) is -14.9. The summed E-state index contributed by atoms with van der Waals surface area (Å²) >= 11 is -0.491. The summed E-state index contributed by atoms with van der Waals surface area (Å²) in [6, 6.07) is 0. The van der Waals surface area contributed by atoms with Crippen LogP contribution in [0.5, 0.6) is 0 Å². The Labute approximate surface area is 706 Å². The van der Waals surface area contributed by atoms with Crippen molar-refractivity contribution < 1.29 is 243 Å². The van der Waals surface area contributed by atoms with E-state index in [1.807, 2.05) is 69.2 Å². The van der Waals surface area contributed by atoms with Gasteiger partial charge in [-0.15, -0.1) is 0 Å². The van der Waals surface area contributed by atoms with Crippen molar-refractivity contribution in [3.8, 4) is 0 Å². The molecule has 0 aromatic carbocycles. The number of rotatable bonds is 32. The zero-order valence-electron chi connectivity index (χ0n) is 68.5. The van der Waals surface area contributed by atoms with Gasteiger partial charge in [-0.2, -0.15) is 0 Å². The van der Waals surface area contributed by atoms with E-state index >= 15 is 0 Å². The summed E-state index contributed by atoms with van der Waals surface area (Å²) in [6.07, 6.45) is 0.494. The van der Waals surface area contributed by atoms with Gasteiger partial charge in [0.05, 0.1) is 0 Å². The van der Waals surface area contributed by atoms with Crippen molar-refractivity contribution in [2.75, 3.05) is 6.61 Å². The van der Waals surface area contributed by atoms with Gasteiger partial charge in [-0.1, -0.05) is 27.2 Å². The number of carboxylic acid groups (broad SMARTS) is 9. The van der Waals surface area contributed by atoms with Crippen molar-refractivity contribution in [2.24, 2.45) is 0 Å². The van der Waals surface area contributed by atoms with E-state index in [1.54, 1.807) is 55.4 Å². The van der Waals surface area contributed by atoms with Gasteiger partial charge >= 0.3 is 196 Å². The van der Waals surface area contributed by atoms with Crippen LogP contribution < -0.4 is 46.0 Å². The summed E-state index contributed by atoms with van der Waals surface area (Å²) < 4.78 is 20.9. The second kappa shape index (κ2) is 119. The van der Waals surface area contributed by atoms with Crippen LogP contribution in [0, 0.1) is 0 Å². The summed E-state index contributed by atoms with van der Waals surface area (Å²) in [5.41, 5.74) is 0. The molecule has 0 spiro atoms. The predicted octanol–water partition coefficient (Wildman–Crippen LogP) is -4.94. The topological polar surface area (TPSA) is 653 Å². The predicted molar refractivity (Wildman–Crippen MR) is 369 cm³/mol. The normalized spacial score (nSPS) is 8.58. The van der Waals surface area contributed by atoms with Crippen LogP contribution in [0.3, 0.4) is 0 Å². The Kier molecular flexibility index (Phi) is 167. The van der Waals surface area contributed by atoms with E-state index in [-0.39, 0.29) is 178 Å². The van der Waals surface area contributed by atoms with Crippen molar-refractivity contribution >= 4 is 138 Å². The van der Waals surface area contributed by atoms with Crippen LogP contribution in [0.2, 0.25) is 0 Å². The van der Waals surface area contributed by atoms with E-state index in [0.717, 1.165) is 12.8 Å². The van der Waals surface area contributed by atoms with Crippen LogP contribution in [-0.2, 0) is 171 Å². The second-order valence-electron chi connectivity index (χ2n) is 22.8. The van der Waals surface area contributed by atoms with Crippen LogP contribution in [0.4, 0.5) is 0 Å². The molecule has 5 N–H and O–H groups in total. The van der Waals surface area contributed by atoms with E-state index in [0.29, 0.717) is 56.7 Å². The maximum Gasteiger partial charge on any atom is 3.00 e. The summed E-state index contributed by atoms with van der Waals surface area (Å²) in [6.45, 7) is 44.3. The zero-order valence-corrected chi connectivity index (χ0v) is 76.4. The average Bonchev–Trinajstić information content (AvgIpc) is 1.07. The van der Waals surface area contributed by atoms with Gasteiger partial charge < -0.3 is 115 Å². The number of unbranched alkanes of at least 4 members (excludes halogenated alkanes) is 1. The fraction of sp³-hybridized carbons (Fsp3) is 0.735. The molecule has 0 aliphatic carbocycles. The smallest absolute Gasteiger partial charge is 0.550 e. The number of carbonyl (C=O) groups is 18. The number of Topliss-reactive ketones (excluding diaryl/α,β-unsaturated/α-hetero) is 9. The Hall–Kier alpha value is -4.72. The molecule has 0 saturated carbocycles. The molecule has 1 radical (unpaired) electrons. The standard InChI is InChI=1S/2C6H10O3.7C4H6O3.C4H10O.4C3H8O.4C3H7O.2Al.2Ti.Zr/c2*1-2-3-5(7)4-6(8)9;7*1-3(5)2-4(6)7;1-2-3-4-5;8*1-3(2)4;;;;;/h2*2-4H2,1H3,(H,8,9);7*2H2,1H3,(H,6,7);5H,2-4H2,1H3;4*3-4H,1-2H3;4*3H,1-2H3;;;;;/q;;;;;;;;;;;;;;4*-1;2*+3;2*+2;+3/p-9. The molecular weight excluding hydrogens is 1630 g/mol. The van der Waals surface area contributed by atoms with Gasteiger partial charge in [0.2, 0.25) is 0 Å². The maximum atomic E-state index is 10.4. The molecule has 0 fully saturated rings. The Morgan fingerprint density at radius 2 is 0.394 bits per heavy atom. The summed E-state index contributed by atoms with van der Waals surface area (Å²) in [4.78, 5) is 176. The third-order valence-corrected chi connectivity index (χ3v) is 8.94.